The molecule has 0 saturated carbocycles. The standard InChI is InChI=1S/C9H12BrN3O3S/c1-17(15,16)13(6-9(14)12-11)8-5-3-2-4-7(8)10/h2-5H,6,11H2,1H3,(H,12,14). The molecule has 0 aliphatic rings. The van der Waals surface area contributed by atoms with Gasteiger partial charge in [0.05, 0.1) is 11.9 Å². The molecule has 0 fully saturated rings. The topological polar surface area (TPSA) is 92.5 Å². The number of hydrogen-bond acceptors (Lipinski definition) is 4. The van der Waals surface area contributed by atoms with E-state index in [9.17, 15) is 13.2 Å². The van der Waals surface area contributed by atoms with Gasteiger partial charge in [0.2, 0.25) is 10.0 Å². The van der Waals surface area contributed by atoms with Gasteiger partial charge >= 0.3 is 0 Å². The van der Waals surface area contributed by atoms with Crippen molar-refractivity contribution in [3.05, 3.63) is 28.7 Å². The van der Waals surface area contributed by atoms with Gasteiger partial charge in [0.15, 0.2) is 0 Å². The molecular formula is C9H12BrN3O3S. The third kappa shape index (κ3) is 3.69. The summed E-state index contributed by atoms with van der Waals surface area (Å²) in [5, 5.41) is 0. The van der Waals surface area contributed by atoms with Crippen molar-refractivity contribution in [2.24, 2.45) is 5.84 Å². The van der Waals surface area contributed by atoms with Crippen molar-refractivity contribution in [2.45, 2.75) is 0 Å². The highest BCUT2D eigenvalue weighted by molar-refractivity contribution is 9.10. The average Bonchev–Trinajstić information content (AvgIpc) is 2.25. The van der Waals surface area contributed by atoms with E-state index in [0.29, 0.717) is 10.2 Å². The molecule has 94 valence electrons. The van der Waals surface area contributed by atoms with Gasteiger partial charge in [-0.05, 0) is 28.1 Å². The molecule has 0 heterocycles. The summed E-state index contributed by atoms with van der Waals surface area (Å²) in [6.07, 6.45) is 1.02. The van der Waals surface area contributed by atoms with E-state index in [4.69, 9.17) is 5.84 Å². The van der Waals surface area contributed by atoms with E-state index in [-0.39, 0.29) is 6.54 Å². The zero-order valence-corrected chi connectivity index (χ0v) is 11.5. The highest BCUT2D eigenvalue weighted by atomic mass is 79.9. The lowest BCUT2D eigenvalue weighted by Gasteiger charge is -2.22. The maximum atomic E-state index is 11.6. The smallest absolute Gasteiger partial charge is 0.254 e. The van der Waals surface area contributed by atoms with Crippen LogP contribution in [0.15, 0.2) is 28.7 Å². The molecular weight excluding hydrogens is 310 g/mol. The summed E-state index contributed by atoms with van der Waals surface area (Å²) in [6.45, 7) is -0.363. The van der Waals surface area contributed by atoms with Crippen molar-refractivity contribution < 1.29 is 13.2 Å². The molecule has 17 heavy (non-hydrogen) atoms. The van der Waals surface area contributed by atoms with Gasteiger partial charge in [0.1, 0.15) is 6.54 Å². The summed E-state index contributed by atoms with van der Waals surface area (Å²) in [7, 11) is -3.56. The van der Waals surface area contributed by atoms with E-state index in [1.54, 1.807) is 24.3 Å². The molecule has 1 rings (SSSR count). The first-order valence-corrected chi connectivity index (χ1v) is 7.22. The number of carbonyl (C=O) groups excluding carboxylic acids is 1. The van der Waals surface area contributed by atoms with Crippen LogP contribution in [0.3, 0.4) is 0 Å². The minimum absolute atomic E-state index is 0.363. The zero-order chi connectivity index (χ0) is 13.1. The van der Waals surface area contributed by atoms with Crippen LogP contribution in [0, 0.1) is 0 Å². The predicted octanol–water partition coefficient (Wildman–Crippen LogP) is 0.205. The van der Waals surface area contributed by atoms with Gasteiger partial charge in [-0.15, -0.1) is 0 Å². The van der Waals surface area contributed by atoms with Crippen molar-refractivity contribution in [1.82, 2.24) is 5.43 Å². The lowest BCUT2D eigenvalue weighted by Crippen LogP contribution is -2.42. The minimum Gasteiger partial charge on any atom is -0.293 e. The second kappa shape index (κ2) is 5.48. The summed E-state index contributed by atoms with van der Waals surface area (Å²) < 4.78 is 24.8. The predicted molar refractivity (Wildman–Crippen MR) is 68.7 cm³/mol. The van der Waals surface area contributed by atoms with Gasteiger partial charge in [0.25, 0.3) is 5.91 Å². The number of carbonyl (C=O) groups is 1. The van der Waals surface area contributed by atoms with Gasteiger partial charge in [-0.2, -0.15) is 0 Å². The van der Waals surface area contributed by atoms with Crippen LogP contribution in [0.25, 0.3) is 0 Å². The van der Waals surface area contributed by atoms with E-state index in [1.807, 2.05) is 5.43 Å². The SMILES string of the molecule is CS(=O)(=O)N(CC(=O)NN)c1ccccc1Br. The number of halogens is 1. The Kier molecular flexibility index (Phi) is 4.49. The summed E-state index contributed by atoms with van der Waals surface area (Å²) >= 11 is 3.23. The van der Waals surface area contributed by atoms with Crippen molar-refractivity contribution >= 4 is 37.5 Å². The van der Waals surface area contributed by atoms with Gasteiger partial charge in [0, 0.05) is 4.47 Å². The number of hydrazine groups is 1. The number of amides is 1. The van der Waals surface area contributed by atoms with Crippen molar-refractivity contribution in [1.29, 1.82) is 0 Å². The fraction of sp³-hybridized carbons (Fsp3) is 0.222. The first-order chi connectivity index (χ1) is 7.86. The molecule has 0 spiro atoms. The number of nitrogens with zero attached hydrogens (tertiary/aromatic N) is 1. The lowest BCUT2D eigenvalue weighted by atomic mass is 10.3. The molecule has 0 aliphatic heterocycles. The van der Waals surface area contributed by atoms with Crippen LogP contribution in [0.1, 0.15) is 0 Å². The summed E-state index contributed by atoms with van der Waals surface area (Å²) in [6, 6.07) is 6.71. The third-order valence-electron chi connectivity index (χ3n) is 1.97. The Morgan fingerprint density at radius 1 is 1.47 bits per heavy atom. The number of nitrogens with one attached hydrogen (secondary N) is 1. The number of rotatable bonds is 4. The largest absolute Gasteiger partial charge is 0.293 e. The summed E-state index contributed by atoms with van der Waals surface area (Å²) in [5.41, 5.74) is 2.28. The first kappa shape index (κ1) is 13.9. The maximum Gasteiger partial charge on any atom is 0.254 e. The molecule has 1 aromatic rings. The molecule has 0 unspecified atom stereocenters. The molecule has 8 heteroatoms. The second-order valence-electron chi connectivity index (χ2n) is 3.29. The Hall–Kier alpha value is -1.12. The van der Waals surface area contributed by atoms with Gasteiger partial charge in [-0.3, -0.25) is 14.5 Å². The molecule has 6 nitrogen and oxygen atoms in total. The number of sulfonamides is 1. The highest BCUT2D eigenvalue weighted by Crippen LogP contribution is 2.27. The Morgan fingerprint density at radius 3 is 2.53 bits per heavy atom. The average molecular weight is 322 g/mol. The van der Waals surface area contributed by atoms with Gasteiger partial charge in [-0.25, -0.2) is 14.3 Å². The Labute approximate surface area is 108 Å². The van der Waals surface area contributed by atoms with E-state index < -0.39 is 15.9 Å². The molecule has 0 bridgehead atoms. The van der Waals surface area contributed by atoms with Crippen LogP contribution >= 0.6 is 15.9 Å². The van der Waals surface area contributed by atoms with Crippen molar-refractivity contribution in [3.8, 4) is 0 Å². The first-order valence-electron chi connectivity index (χ1n) is 4.58. The quantitative estimate of drug-likeness (QED) is 0.471. The normalized spacial score (nSPS) is 11.0. The van der Waals surface area contributed by atoms with E-state index in [1.165, 1.54) is 0 Å². The Bertz CT molecular complexity index is 518. The van der Waals surface area contributed by atoms with Crippen LogP contribution in [0.4, 0.5) is 5.69 Å². The molecule has 3 N–H and O–H groups in total. The molecule has 0 radical (unpaired) electrons. The van der Waals surface area contributed by atoms with Crippen LogP contribution in [0.2, 0.25) is 0 Å². The van der Waals surface area contributed by atoms with Crippen molar-refractivity contribution in [2.75, 3.05) is 17.1 Å². The summed E-state index contributed by atoms with van der Waals surface area (Å²) in [5.74, 6) is 4.36. The van der Waals surface area contributed by atoms with E-state index in [0.717, 1.165) is 10.6 Å². The van der Waals surface area contributed by atoms with Crippen LogP contribution in [-0.2, 0) is 14.8 Å². The fourth-order valence-electron chi connectivity index (χ4n) is 1.21. The second-order valence-corrected chi connectivity index (χ2v) is 6.05. The van der Waals surface area contributed by atoms with Gasteiger partial charge in [-0.1, -0.05) is 12.1 Å². The van der Waals surface area contributed by atoms with Crippen LogP contribution in [0.5, 0.6) is 0 Å². The highest BCUT2D eigenvalue weighted by Gasteiger charge is 2.21. The van der Waals surface area contributed by atoms with E-state index >= 15 is 0 Å². The summed E-state index contributed by atoms with van der Waals surface area (Å²) in [4.78, 5) is 11.2. The third-order valence-corrected chi connectivity index (χ3v) is 3.77. The van der Waals surface area contributed by atoms with Crippen molar-refractivity contribution in [3.63, 3.8) is 0 Å². The molecule has 1 amide bonds. The molecule has 0 aliphatic carbocycles. The molecule has 1 aromatic carbocycles. The zero-order valence-electron chi connectivity index (χ0n) is 9.05. The Morgan fingerprint density at radius 2 is 2.06 bits per heavy atom. The number of nitrogens with two attached hydrogens (primary N) is 1. The number of benzene rings is 1. The van der Waals surface area contributed by atoms with Crippen LogP contribution < -0.4 is 15.6 Å². The molecule has 0 atom stereocenters. The number of hydrogen-bond donors (Lipinski definition) is 2. The van der Waals surface area contributed by atoms with E-state index in [2.05, 4.69) is 15.9 Å². The monoisotopic (exact) mass is 321 g/mol. The lowest BCUT2D eigenvalue weighted by molar-refractivity contribution is -0.119. The fourth-order valence-corrected chi connectivity index (χ4v) is 2.70. The number of para-hydroxylation sites is 1. The minimum atomic E-state index is -3.56. The van der Waals surface area contributed by atoms with Gasteiger partial charge < -0.3 is 0 Å². The molecule has 0 saturated heterocycles. The maximum absolute atomic E-state index is 11.6. The molecule has 0 aromatic heterocycles. The Balaban J connectivity index is 3.17. The van der Waals surface area contributed by atoms with Crippen LogP contribution in [-0.4, -0.2) is 27.1 Å². The number of anilines is 1.